The number of benzene rings is 1. The summed E-state index contributed by atoms with van der Waals surface area (Å²) >= 11 is 0. The van der Waals surface area contributed by atoms with Crippen LogP contribution in [0.5, 0.6) is 5.75 Å². The first-order chi connectivity index (χ1) is 10.5. The lowest BCUT2D eigenvalue weighted by Gasteiger charge is -2.04. The maximum absolute atomic E-state index is 12.0. The highest BCUT2D eigenvalue weighted by molar-refractivity contribution is 6.03. The van der Waals surface area contributed by atoms with Crippen molar-refractivity contribution in [2.45, 2.75) is 6.54 Å². The van der Waals surface area contributed by atoms with Gasteiger partial charge in [0, 0.05) is 11.6 Å². The third kappa shape index (κ3) is 3.23. The van der Waals surface area contributed by atoms with Gasteiger partial charge in [0.05, 0.1) is 18.6 Å². The highest BCUT2D eigenvalue weighted by Crippen LogP contribution is 2.27. The lowest BCUT2D eigenvalue weighted by Crippen LogP contribution is -2.13. The van der Waals surface area contributed by atoms with Crippen LogP contribution in [0.2, 0.25) is 0 Å². The molecule has 0 unspecified atom stereocenters. The summed E-state index contributed by atoms with van der Waals surface area (Å²) in [7, 11) is 1.31. The van der Waals surface area contributed by atoms with E-state index in [0.717, 1.165) is 6.07 Å². The summed E-state index contributed by atoms with van der Waals surface area (Å²) in [5.41, 5.74) is -0.231. The second kappa shape index (κ2) is 6.43. The molecule has 1 amide bonds. The summed E-state index contributed by atoms with van der Waals surface area (Å²) in [5.74, 6) is -0.536. The number of hydrogen-bond donors (Lipinski definition) is 1. The number of amides is 1. The molecule has 2 aromatic rings. The van der Waals surface area contributed by atoms with Gasteiger partial charge in [-0.25, -0.2) is 0 Å². The molecule has 2 rings (SSSR count). The fourth-order valence-corrected chi connectivity index (χ4v) is 1.63. The van der Waals surface area contributed by atoms with Crippen molar-refractivity contribution in [3.05, 3.63) is 46.5 Å². The molecular weight excluding hydrogens is 292 g/mol. The number of hydrogen-bond acceptors (Lipinski definition) is 7. The minimum atomic E-state index is -0.631. The van der Waals surface area contributed by atoms with E-state index >= 15 is 0 Å². The Labute approximate surface area is 124 Å². The van der Waals surface area contributed by atoms with Gasteiger partial charge in [0.2, 0.25) is 0 Å². The minimum Gasteiger partial charge on any atom is -0.490 e. The summed E-state index contributed by atoms with van der Waals surface area (Å²) in [6.07, 6.45) is 1.57. The molecule has 1 aromatic heterocycles. The van der Waals surface area contributed by atoms with Gasteiger partial charge in [-0.3, -0.25) is 20.2 Å². The van der Waals surface area contributed by atoms with Crippen molar-refractivity contribution in [3.8, 4) is 5.75 Å². The lowest BCUT2D eigenvalue weighted by molar-refractivity contribution is -0.385. The van der Waals surface area contributed by atoms with Crippen molar-refractivity contribution < 1.29 is 14.5 Å². The van der Waals surface area contributed by atoms with Crippen LogP contribution in [-0.4, -0.2) is 38.1 Å². The molecular formula is C12H12N6O4. The number of rotatable bonds is 6. The second-order valence-corrected chi connectivity index (χ2v) is 4.05. The van der Waals surface area contributed by atoms with Crippen LogP contribution in [0.4, 0.5) is 11.6 Å². The number of nitrogens with one attached hydrogen (secondary N) is 1. The standard InChI is InChI=1S/C12H12N6O4/c1-3-6-17-15-12(14-16-17)13-11(19)8-4-5-10(22-2)9(7-8)18(20)21/h3-5,7H,1,6H2,2H3,(H,13,15,19). The normalized spacial score (nSPS) is 10.0. The highest BCUT2D eigenvalue weighted by Gasteiger charge is 2.19. The van der Waals surface area contributed by atoms with Crippen molar-refractivity contribution in [1.82, 2.24) is 20.2 Å². The molecule has 0 saturated heterocycles. The summed E-state index contributed by atoms with van der Waals surface area (Å²) < 4.78 is 4.87. The molecule has 0 atom stereocenters. The van der Waals surface area contributed by atoms with Crippen molar-refractivity contribution in [3.63, 3.8) is 0 Å². The number of nitro benzene ring substituents is 1. The molecule has 114 valence electrons. The molecule has 10 heteroatoms. The van der Waals surface area contributed by atoms with E-state index < -0.39 is 10.8 Å². The van der Waals surface area contributed by atoms with Gasteiger partial charge in [-0.15, -0.1) is 11.7 Å². The predicted molar refractivity (Wildman–Crippen MR) is 75.6 cm³/mol. The Morgan fingerprint density at radius 3 is 3.00 bits per heavy atom. The Bertz CT molecular complexity index is 726. The molecule has 22 heavy (non-hydrogen) atoms. The maximum Gasteiger partial charge on any atom is 0.311 e. The average Bonchev–Trinajstić information content (AvgIpc) is 2.94. The lowest BCUT2D eigenvalue weighted by atomic mass is 10.2. The molecule has 0 aliphatic carbocycles. The zero-order valence-corrected chi connectivity index (χ0v) is 11.6. The van der Waals surface area contributed by atoms with E-state index in [0.29, 0.717) is 6.54 Å². The van der Waals surface area contributed by atoms with Gasteiger partial charge >= 0.3 is 5.69 Å². The fourth-order valence-electron chi connectivity index (χ4n) is 1.63. The van der Waals surface area contributed by atoms with Gasteiger partial charge in [-0.2, -0.15) is 4.80 Å². The number of allylic oxidation sites excluding steroid dienone is 1. The molecule has 1 heterocycles. The highest BCUT2D eigenvalue weighted by atomic mass is 16.6. The van der Waals surface area contributed by atoms with E-state index in [1.165, 1.54) is 24.0 Å². The third-order valence-corrected chi connectivity index (χ3v) is 2.61. The molecule has 0 fully saturated rings. The zero-order valence-electron chi connectivity index (χ0n) is 11.6. The van der Waals surface area contributed by atoms with Crippen molar-refractivity contribution in [1.29, 1.82) is 0 Å². The average molecular weight is 304 g/mol. The first-order valence-corrected chi connectivity index (χ1v) is 6.07. The van der Waals surface area contributed by atoms with Gasteiger partial charge in [-0.1, -0.05) is 11.2 Å². The molecule has 0 aliphatic heterocycles. The van der Waals surface area contributed by atoms with Crippen molar-refractivity contribution in [2.75, 3.05) is 12.4 Å². The van der Waals surface area contributed by atoms with E-state index in [4.69, 9.17) is 4.74 Å². The molecule has 0 bridgehead atoms. The van der Waals surface area contributed by atoms with Crippen molar-refractivity contribution >= 4 is 17.5 Å². The number of nitro groups is 1. The maximum atomic E-state index is 12.0. The van der Waals surface area contributed by atoms with E-state index in [2.05, 4.69) is 27.3 Å². The van der Waals surface area contributed by atoms with Crippen LogP contribution < -0.4 is 10.1 Å². The minimum absolute atomic E-state index is 0.00896. The predicted octanol–water partition coefficient (Wildman–Crippen LogP) is 1.03. The molecule has 1 aromatic carbocycles. The van der Waals surface area contributed by atoms with Gasteiger partial charge in [-0.05, 0) is 17.3 Å². The van der Waals surface area contributed by atoms with Crippen LogP contribution in [0.1, 0.15) is 10.4 Å². The topological polar surface area (TPSA) is 125 Å². The number of tetrazole rings is 1. The molecule has 0 saturated carbocycles. The summed E-state index contributed by atoms with van der Waals surface area (Å²) in [4.78, 5) is 23.6. The van der Waals surface area contributed by atoms with Crippen LogP contribution in [0.15, 0.2) is 30.9 Å². The van der Waals surface area contributed by atoms with Gasteiger partial charge in [0.25, 0.3) is 11.9 Å². The van der Waals surface area contributed by atoms with E-state index in [1.54, 1.807) is 6.08 Å². The van der Waals surface area contributed by atoms with Crippen LogP contribution in [0, 0.1) is 10.1 Å². The number of methoxy groups -OCH3 is 1. The van der Waals surface area contributed by atoms with Crippen LogP contribution in [-0.2, 0) is 6.54 Å². The van der Waals surface area contributed by atoms with E-state index in [9.17, 15) is 14.9 Å². The number of carbonyl (C=O) groups is 1. The molecule has 0 aliphatic rings. The number of carbonyl (C=O) groups excluding carboxylic acids is 1. The number of anilines is 1. The zero-order chi connectivity index (χ0) is 16.1. The van der Waals surface area contributed by atoms with Gasteiger partial charge < -0.3 is 4.74 Å². The van der Waals surface area contributed by atoms with Gasteiger partial charge in [0.15, 0.2) is 5.75 Å². The first kappa shape index (κ1) is 15.1. The second-order valence-electron chi connectivity index (χ2n) is 4.05. The first-order valence-electron chi connectivity index (χ1n) is 6.07. The Hall–Kier alpha value is -3.30. The molecule has 0 spiro atoms. The summed E-state index contributed by atoms with van der Waals surface area (Å²) in [6, 6.07) is 3.85. The number of ether oxygens (including phenoxy) is 1. The van der Waals surface area contributed by atoms with Crippen LogP contribution in [0.3, 0.4) is 0 Å². The quantitative estimate of drug-likeness (QED) is 0.480. The van der Waals surface area contributed by atoms with E-state index in [-0.39, 0.29) is 22.9 Å². The third-order valence-electron chi connectivity index (χ3n) is 2.61. The SMILES string of the molecule is C=CCn1nnc(NC(=O)c2ccc(OC)c([N+](=O)[O-])c2)n1. The Morgan fingerprint density at radius 2 is 2.36 bits per heavy atom. The van der Waals surface area contributed by atoms with E-state index in [1.807, 2.05) is 0 Å². The molecule has 1 N–H and O–H groups in total. The van der Waals surface area contributed by atoms with Gasteiger partial charge in [0.1, 0.15) is 0 Å². The number of nitrogens with zero attached hydrogens (tertiary/aromatic N) is 5. The Balaban J connectivity index is 2.19. The molecule has 10 nitrogen and oxygen atoms in total. The summed E-state index contributed by atoms with van der Waals surface area (Å²) in [5, 5.41) is 24.5. The largest absolute Gasteiger partial charge is 0.490 e. The Morgan fingerprint density at radius 1 is 1.59 bits per heavy atom. The van der Waals surface area contributed by atoms with Crippen LogP contribution >= 0.6 is 0 Å². The van der Waals surface area contributed by atoms with Crippen LogP contribution in [0.25, 0.3) is 0 Å². The Kier molecular flexibility index (Phi) is 4.41. The smallest absolute Gasteiger partial charge is 0.311 e. The van der Waals surface area contributed by atoms with Crippen molar-refractivity contribution in [2.24, 2.45) is 0 Å². The molecule has 0 radical (unpaired) electrons. The summed E-state index contributed by atoms with van der Waals surface area (Å²) in [6.45, 7) is 3.87. The monoisotopic (exact) mass is 304 g/mol. The fraction of sp³-hybridized carbons (Fsp3) is 0.167. The number of aromatic nitrogens is 4.